The number of nitrogens with zero attached hydrogens (tertiary/aromatic N) is 4. The molecule has 29 heavy (non-hydrogen) atoms. The van der Waals surface area contributed by atoms with Crippen molar-refractivity contribution in [3.63, 3.8) is 0 Å². The number of benzene rings is 2. The smallest absolute Gasteiger partial charge is 0.255 e. The Bertz CT molecular complexity index is 1070. The van der Waals surface area contributed by atoms with Crippen LogP contribution in [0.2, 0.25) is 0 Å². The van der Waals surface area contributed by atoms with E-state index in [4.69, 9.17) is 0 Å². The van der Waals surface area contributed by atoms with Crippen LogP contribution in [0.25, 0.3) is 5.69 Å². The topological polar surface area (TPSA) is 64.7 Å². The summed E-state index contributed by atoms with van der Waals surface area (Å²) in [5, 5.41) is 7.44. The third-order valence-corrected chi connectivity index (χ3v) is 4.85. The van der Waals surface area contributed by atoms with E-state index >= 15 is 0 Å². The van der Waals surface area contributed by atoms with Gasteiger partial charge >= 0.3 is 0 Å². The molecule has 4 aromatic rings. The molecule has 6 heteroatoms. The zero-order chi connectivity index (χ0) is 20.1. The Balaban J connectivity index is 1.41. The number of para-hydroxylation sites is 1. The van der Waals surface area contributed by atoms with Crippen LogP contribution in [0.4, 0.5) is 0 Å². The van der Waals surface area contributed by atoms with Crippen molar-refractivity contribution >= 4 is 5.91 Å². The van der Waals surface area contributed by atoms with Crippen LogP contribution in [0.15, 0.2) is 79.5 Å². The predicted molar refractivity (Wildman–Crippen MR) is 112 cm³/mol. The van der Waals surface area contributed by atoms with Crippen LogP contribution in [-0.4, -0.2) is 25.2 Å². The molecule has 0 unspecified atom stereocenters. The van der Waals surface area contributed by atoms with Crippen LogP contribution < -0.4 is 5.32 Å². The fraction of sp³-hybridized carbons (Fsp3) is 0.174. The molecule has 2 heterocycles. The van der Waals surface area contributed by atoms with Crippen LogP contribution >= 0.6 is 0 Å². The number of carbonyl (C=O) groups excluding carboxylic acids is 1. The third kappa shape index (κ3) is 4.27. The van der Waals surface area contributed by atoms with E-state index in [0.29, 0.717) is 12.1 Å². The Morgan fingerprint density at radius 2 is 1.79 bits per heavy atom. The minimum absolute atomic E-state index is 0.105. The summed E-state index contributed by atoms with van der Waals surface area (Å²) in [5.41, 5.74) is 4.73. The maximum absolute atomic E-state index is 12.7. The van der Waals surface area contributed by atoms with E-state index in [-0.39, 0.29) is 5.91 Å². The molecule has 0 bridgehead atoms. The fourth-order valence-corrected chi connectivity index (χ4v) is 3.33. The number of hydrogen-bond donors (Lipinski definition) is 1. The summed E-state index contributed by atoms with van der Waals surface area (Å²) in [7, 11) is 0. The van der Waals surface area contributed by atoms with Gasteiger partial charge in [0.25, 0.3) is 5.91 Å². The summed E-state index contributed by atoms with van der Waals surface area (Å²) in [4.78, 5) is 16.8. The third-order valence-electron chi connectivity index (χ3n) is 4.85. The van der Waals surface area contributed by atoms with Crippen LogP contribution in [0, 0.1) is 0 Å². The lowest BCUT2D eigenvalue weighted by Crippen LogP contribution is -2.23. The van der Waals surface area contributed by atoms with Gasteiger partial charge in [0.05, 0.1) is 29.5 Å². The van der Waals surface area contributed by atoms with Crippen molar-refractivity contribution in [3.05, 3.63) is 102 Å². The van der Waals surface area contributed by atoms with Crippen LogP contribution in [0.3, 0.4) is 0 Å². The summed E-state index contributed by atoms with van der Waals surface area (Å²) in [6, 6.07) is 18.1. The van der Waals surface area contributed by atoms with Gasteiger partial charge in [-0.25, -0.2) is 9.67 Å². The van der Waals surface area contributed by atoms with Gasteiger partial charge < -0.3 is 9.88 Å². The fourth-order valence-electron chi connectivity index (χ4n) is 3.33. The second-order valence-corrected chi connectivity index (χ2v) is 6.84. The number of carbonyl (C=O) groups is 1. The molecule has 0 atom stereocenters. The first kappa shape index (κ1) is 18.7. The Morgan fingerprint density at radius 1 is 1.03 bits per heavy atom. The zero-order valence-electron chi connectivity index (χ0n) is 16.3. The van der Waals surface area contributed by atoms with E-state index in [2.05, 4.69) is 27.5 Å². The minimum atomic E-state index is -0.105. The Morgan fingerprint density at radius 3 is 2.48 bits per heavy atom. The molecule has 0 saturated carbocycles. The normalized spacial score (nSPS) is 10.8. The van der Waals surface area contributed by atoms with E-state index in [0.717, 1.165) is 29.9 Å². The van der Waals surface area contributed by atoms with Crippen molar-refractivity contribution in [2.24, 2.45) is 0 Å². The summed E-state index contributed by atoms with van der Waals surface area (Å²) in [6.45, 7) is 3.29. The van der Waals surface area contributed by atoms with Crippen LogP contribution in [0.1, 0.15) is 34.1 Å². The van der Waals surface area contributed by atoms with Crippen LogP contribution in [-0.2, 0) is 19.5 Å². The summed E-state index contributed by atoms with van der Waals surface area (Å²) in [6.07, 6.45) is 7.88. The van der Waals surface area contributed by atoms with E-state index in [1.807, 2.05) is 64.8 Å². The molecule has 0 aliphatic rings. The van der Waals surface area contributed by atoms with Gasteiger partial charge in [-0.1, -0.05) is 49.4 Å². The van der Waals surface area contributed by atoms with Gasteiger partial charge in [0.15, 0.2) is 0 Å². The highest BCUT2D eigenvalue weighted by Gasteiger charge is 2.16. The number of nitrogens with one attached hydrogen (secondary N) is 1. The molecule has 1 N–H and O–H groups in total. The van der Waals surface area contributed by atoms with Gasteiger partial charge in [-0.15, -0.1) is 0 Å². The Hall–Kier alpha value is -3.67. The maximum atomic E-state index is 12.7. The molecule has 0 radical (unpaired) electrons. The number of rotatable bonds is 7. The molecular weight excluding hydrogens is 362 g/mol. The molecule has 1 amide bonds. The maximum Gasteiger partial charge on any atom is 0.255 e. The molecule has 0 aliphatic heterocycles. The first-order chi connectivity index (χ1) is 14.2. The van der Waals surface area contributed by atoms with Gasteiger partial charge in [-0.3, -0.25) is 4.79 Å². The van der Waals surface area contributed by atoms with Crippen molar-refractivity contribution in [1.29, 1.82) is 0 Å². The highest BCUT2D eigenvalue weighted by molar-refractivity contribution is 5.95. The van der Waals surface area contributed by atoms with Crippen molar-refractivity contribution < 1.29 is 4.79 Å². The van der Waals surface area contributed by atoms with Crippen molar-refractivity contribution in [1.82, 2.24) is 24.6 Å². The Kier molecular flexibility index (Phi) is 5.52. The molecule has 146 valence electrons. The molecule has 0 saturated heterocycles. The summed E-state index contributed by atoms with van der Waals surface area (Å²) >= 11 is 0. The molecule has 2 aromatic carbocycles. The van der Waals surface area contributed by atoms with Gasteiger partial charge in [0.1, 0.15) is 0 Å². The van der Waals surface area contributed by atoms with Crippen LogP contribution in [0.5, 0.6) is 0 Å². The molecule has 0 spiro atoms. The molecule has 0 fully saturated rings. The molecule has 6 nitrogen and oxygen atoms in total. The van der Waals surface area contributed by atoms with E-state index < -0.39 is 0 Å². The molecule has 0 aliphatic carbocycles. The summed E-state index contributed by atoms with van der Waals surface area (Å²) < 4.78 is 3.85. The first-order valence-corrected chi connectivity index (χ1v) is 9.68. The largest absolute Gasteiger partial charge is 0.348 e. The van der Waals surface area contributed by atoms with Crippen molar-refractivity contribution in [3.8, 4) is 5.69 Å². The SMILES string of the molecule is CCc1c(C(=O)NCc2ccc(Cn3ccnc3)cc2)cnn1-c1ccccc1. The number of imidazole rings is 1. The second-order valence-electron chi connectivity index (χ2n) is 6.84. The molecule has 4 rings (SSSR count). The van der Waals surface area contributed by atoms with Crippen molar-refractivity contribution in [2.75, 3.05) is 0 Å². The average Bonchev–Trinajstić information content (AvgIpc) is 3.43. The van der Waals surface area contributed by atoms with E-state index in [1.165, 1.54) is 5.56 Å². The van der Waals surface area contributed by atoms with E-state index in [9.17, 15) is 4.79 Å². The first-order valence-electron chi connectivity index (χ1n) is 9.68. The molecule has 2 aromatic heterocycles. The van der Waals surface area contributed by atoms with E-state index in [1.54, 1.807) is 18.7 Å². The summed E-state index contributed by atoms with van der Waals surface area (Å²) in [5.74, 6) is -0.105. The van der Waals surface area contributed by atoms with Gasteiger partial charge in [0, 0.05) is 25.5 Å². The number of hydrogen-bond acceptors (Lipinski definition) is 3. The highest BCUT2D eigenvalue weighted by atomic mass is 16.1. The quantitative estimate of drug-likeness (QED) is 0.529. The van der Waals surface area contributed by atoms with Crippen molar-refractivity contribution in [2.45, 2.75) is 26.4 Å². The lowest BCUT2D eigenvalue weighted by atomic mass is 10.1. The second kappa shape index (κ2) is 8.56. The molecular formula is C23H23N5O. The minimum Gasteiger partial charge on any atom is -0.348 e. The predicted octanol–water partition coefficient (Wildman–Crippen LogP) is 3.61. The zero-order valence-corrected chi connectivity index (χ0v) is 16.3. The number of amides is 1. The standard InChI is InChI=1S/C23H23N5O/c1-2-22-21(15-26-28(22)20-6-4-3-5-7-20)23(29)25-14-18-8-10-19(11-9-18)16-27-13-12-24-17-27/h3-13,15,17H,2,14,16H2,1H3,(H,25,29). The lowest BCUT2D eigenvalue weighted by Gasteiger charge is -2.09. The van der Waals surface area contributed by atoms with Gasteiger partial charge in [-0.05, 0) is 29.7 Å². The van der Waals surface area contributed by atoms with Gasteiger partial charge in [-0.2, -0.15) is 5.10 Å². The Labute approximate surface area is 169 Å². The number of aromatic nitrogens is 4. The monoisotopic (exact) mass is 385 g/mol. The highest BCUT2D eigenvalue weighted by Crippen LogP contribution is 2.16. The lowest BCUT2D eigenvalue weighted by molar-refractivity contribution is 0.0950. The van der Waals surface area contributed by atoms with Gasteiger partial charge in [0.2, 0.25) is 0 Å². The average molecular weight is 385 g/mol.